The highest BCUT2D eigenvalue weighted by Crippen LogP contribution is 2.07. The topological polar surface area (TPSA) is 68.0 Å². The van der Waals surface area contributed by atoms with Gasteiger partial charge in [-0.3, -0.25) is 10.2 Å². The Balaban J connectivity index is 2.96. The average molecular weight is 216 g/mol. The second-order valence-electron chi connectivity index (χ2n) is 1.84. The lowest BCUT2D eigenvalue weighted by Gasteiger charge is -1.97. The molecular formula is C6H6BrN3O. The van der Waals surface area contributed by atoms with Crippen molar-refractivity contribution in [3.8, 4) is 0 Å². The first-order valence-corrected chi connectivity index (χ1v) is 3.66. The number of carbonyl (C=O) groups excluding carboxylic acids is 1. The van der Waals surface area contributed by atoms with Crippen molar-refractivity contribution in [1.29, 1.82) is 0 Å². The van der Waals surface area contributed by atoms with Gasteiger partial charge < -0.3 is 0 Å². The maximum absolute atomic E-state index is 10.9. The third-order valence-electron chi connectivity index (χ3n) is 1.12. The number of hydrogen-bond acceptors (Lipinski definition) is 3. The minimum atomic E-state index is -0.326. The number of pyridine rings is 1. The second kappa shape index (κ2) is 3.45. The summed E-state index contributed by atoms with van der Waals surface area (Å²) < 4.78 is 0.610. The number of carbonyl (C=O) groups is 1. The number of aromatic nitrogens is 1. The van der Waals surface area contributed by atoms with Crippen LogP contribution in [0.25, 0.3) is 0 Å². The summed E-state index contributed by atoms with van der Waals surface area (Å²) in [5, 5.41) is 0. The van der Waals surface area contributed by atoms with Gasteiger partial charge in [0.05, 0.1) is 0 Å². The van der Waals surface area contributed by atoms with Crippen LogP contribution in [-0.4, -0.2) is 10.9 Å². The Kier molecular flexibility index (Phi) is 2.56. The molecule has 0 radical (unpaired) electrons. The summed E-state index contributed by atoms with van der Waals surface area (Å²) in [5.41, 5.74) is 2.50. The SMILES string of the molecule is NNC(=O)c1ccnc(Br)c1. The highest BCUT2D eigenvalue weighted by molar-refractivity contribution is 9.10. The first-order valence-electron chi connectivity index (χ1n) is 2.86. The molecular weight excluding hydrogens is 210 g/mol. The first kappa shape index (κ1) is 8.16. The Hall–Kier alpha value is -0.940. The van der Waals surface area contributed by atoms with Gasteiger partial charge in [-0.1, -0.05) is 0 Å². The average Bonchev–Trinajstić information content (AvgIpc) is 2.03. The lowest BCUT2D eigenvalue weighted by Crippen LogP contribution is -2.29. The molecule has 0 aliphatic carbocycles. The fourth-order valence-corrected chi connectivity index (χ4v) is 0.992. The summed E-state index contributed by atoms with van der Waals surface area (Å²) in [5.74, 6) is 4.59. The monoisotopic (exact) mass is 215 g/mol. The van der Waals surface area contributed by atoms with Gasteiger partial charge in [0, 0.05) is 11.8 Å². The van der Waals surface area contributed by atoms with Gasteiger partial charge >= 0.3 is 0 Å². The molecule has 3 N–H and O–H groups in total. The molecule has 58 valence electrons. The van der Waals surface area contributed by atoms with Gasteiger partial charge in [-0.05, 0) is 28.1 Å². The molecule has 0 fully saturated rings. The molecule has 0 aliphatic heterocycles. The molecule has 0 aromatic carbocycles. The standard InChI is InChI=1S/C6H6BrN3O/c7-5-3-4(1-2-9-5)6(11)10-8/h1-3H,8H2,(H,10,11). The number of hydrogen-bond donors (Lipinski definition) is 2. The predicted molar refractivity (Wildman–Crippen MR) is 43.6 cm³/mol. The van der Waals surface area contributed by atoms with Crippen LogP contribution in [0.15, 0.2) is 22.9 Å². The van der Waals surface area contributed by atoms with Crippen LogP contribution in [0.3, 0.4) is 0 Å². The van der Waals surface area contributed by atoms with Crippen molar-refractivity contribution < 1.29 is 4.79 Å². The van der Waals surface area contributed by atoms with E-state index in [1.165, 1.54) is 6.20 Å². The number of amides is 1. The summed E-state index contributed by atoms with van der Waals surface area (Å²) in [6.07, 6.45) is 1.52. The number of nitrogens with two attached hydrogens (primary N) is 1. The molecule has 1 heterocycles. The van der Waals surface area contributed by atoms with Crippen molar-refractivity contribution in [3.63, 3.8) is 0 Å². The van der Waals surface area contributed by atoms with Crippen molar-refractivity contribution in [2.24, 2.45) is 5.84 Å². The van der Waals surface area contributed by atoms with Crippen LogP contribution in [0.5, 0.6) is 0 Å². The van der Waals surface area contributed by atoms with Crippen LogP contribution in [0.2, 0.25) is 0 Å². The molecule has 5 heteroatoms. The zero-order valence-electron chi connectivity index (χ0n) is 5.54. The van der Waals surface area contributed by atoms with E-state index in [4.69, 9.17) is 5.84 Å². The lowest BCUT2D eigenvalue weighted by atomic mass is 10.3. The fraction of sp³-hybridized carbons (Fsp3) is 0. The number of hydrazine groups is 1. The normalized spacial score (nSPS) is 9.27. The third-order valence-corrected chi connectivity index (χ3v) is 1.55. The van der Waals surface area contributed by atoms with E-state index >= 15 is 0 Å². The smallest absolute Gasteiger partial charge is 0.265 e. The van der Waals surface area contributed by atoms with Crippen LogP contribution in [-0.2, 0) is 0 Å². The van der Waals surface area contributed by atoms with E-state index in [9.17, 15) is 4.79 Å². The molecule has 0 aliphatic rings. The van der Waals surface area contributed by atoms with E-state index in [2.05, 4.69) is 20.9 Å². The fourth-order valence-electron chi connectivity index (χ4n) is 0.627. The van der Waals surface area contributed by atoms with Crippen LogP contribution < -0.4 is 11.3 Å². The predicted octanol–water partition coefficient (Wildman–Crippen LogP) is 0.448. The van der Waals surface area contributed by atoms with Gasteiger partial charge in [0.15, 0.2) is 0 Å². The number of rotatable bonds is 1. The summed E-state index contributed by atoms with van der Waals surface area (Å²) in [6.45, 7) is 0. The van der Waals surface area contributed by atoms with E-state index in [0.717, 1.165) is 0 Å². The summed E-state index contributed by atoms with van der Waals surface area (Å²) >= 11 is 3.13. The molecule has 11 heavy (non-hydrogen) atoms. The van der Waals surface area contributed by atoms with Crippen molar-refractivity contribution >= 4 is 21.8 Å². The van der Waals surface area contributed by atoms with Crippen LogP contribution in [0.1, 0.15) is 10.4 Å². The summed E-state index contributed by atoms with van der Waals surface area (Å²) in [4.78, 5) is 14.7. The van der Waals surface area contributed by atoms with Crippen LogP contribution in [0.4, 0.5) is 0 Å². The number of halogens is 1. The van der Waals surface area contributed by atoms with Crippen molar-refractivity contribution in [3.05, 3.63) is 28.5 Å². The highest BCUT2D eigenvalue weighted by Gasteiger charge is 2.02. The zero-order chi connectivity index (χ0) is 8.27. The second-order valence-corrected chi connectivity index (χ2v) is 2.65. The Bertz CT molecular complexity index is 276. The van der Waals surface area contributed by atoms with Gasteiger partial charge in [0.2, 0.25) is 0 Å². The molecule has 4 nitrogen and oxygen atoms in total. The van der Waals surface area contributed by atoms with Gasteiger partial charge in [0.25, 0.3) is 5.91 Å². The molecule has 0 unspecified atom stereocenters. The summed E-state index contributed by atoms with van der Waals surface area (Å²) in [7, 11) is 0. The summed E-state index contributed by atoms with van der Waals surface area (Å²) in [6, 6.07) is 3.16. The van der Waals surface area contributed by atoms with Crippen molar-refractivity contribution in [1.82, 2.24) is 10.4 Å². The molecule has 0 saturated carbocycles. The maximum Gasteiger partial charge on any atom is 0.265 e. The third kappa shape index (κ3) is 1.99. The van der Waals surface area contributed by atoms with Crippen LogP contribution in [0, 0.1) is 0 Å². The van der Waals surface area contributed by atoms with E-state index < -0.39 is 0 Å². The van der Waals surface area contributed by atoms with E-state index in [0.29, 0.717) is 10.2 Å². The number of nitrogens with zero attached hydrogens (tertiary/aromatic N) is 1. The Labute approximate surface area is 71.9 Å². The minimum Gasteiger partial charge on any atom is -0.290 e. The highest BCUT2D eigenvalue weighted by atomic mass is 79.9. The molecule has 1 aromatic rings. The molecule has 1 amide bonds. The lowest BCUT2D eigenvalue weighted by molar-refractivity contribution is 0.0953. The Morgan fingerprint density at radius 2 is 2.45 bits per heavy atom. The quantitative estimate of drug-likeness (QED) is 0.310. The van der Waals surface area contributed by atoms with E-state index in [1.54, 1.807) is 12.1 Å². The molecule has 0 saturated heterocycles. The van der Waals surface area contributed by atoms with Gasteiger partial charge in [0.1, 0.15) is 4.60 Å². The zero-order valence-corrected chi connectivity index (χ0v) is 7.13. The first-order chi connectivity index (χ1) is 5.24. The van der Waals surface area contributed by atoms with Gasteiger partial charge in [-0.2, -0.15) is 0 Å². The molecule has 0 atom stereocenters. The largest absolute Gasteiger partial charge is 0.290 e. The maximum atomic E-state index is 10.9. The van der Waals surface area contributed by atoms with Gasteiger partial charge in [-0.25, -0.2) is 10.8 Å². The Morgan fingerprint density at radius 1 is 1.73 bits per heavy atom. The van der Waals surface area contributed by atoms with Crippen LogP contribution >= 0.6 is 15.9 Å². The molecule has 0 spiro atoms. The van der Waals surface area contributed by atoms with Gasteiger partial charge in [-0.15, -0.1) is 0 Å². The molecule has 1 aromatic heterocycles. The molecule has 1 rings (SSSR count). The van der Waals surface area contributed by atoms with E-state index in [1.807, 2.05) is 5.43 Å². The minimum absolute atomic E-state index is 0.326. The number of nitrogen functional groups attached to an aromatic ring is 1. The Morgan fingerprint density at radius 3 is 3.00 bits per heavy atom. The number of nitrogens with one attached hydrogen (secondary N) is 1. The van der Waals surface area contributed by atoms with Crippen molar-refractivity contribution in [2.45, 2.75) is 0 Å². The van der Waals surface area contributed by atoms with E-state index in [-0.39, 0.29) is 5.91 Å². The van der Waals surface area contributed by atoms with Crippen molar-refractivity contribution in [2.75, 3.05) is 0 Å². The molecule has 0 bridgehead atoms.